The Hall–Kier alpha value is -0.680. The molecule has 4 nitrogen and oxygen atoms in total. The van der Waals surface area contributed by atoms with E-state index in [4.69, 9.17) is 4.74 Å². The normalized spacial score (nSPS) is 18.5. The average Bonchev–Trinajstić information content (AvgIpc) is 2.49. The van der Waals surface area contributed by atoms with Crippen LogP contribution >= 0.6 is 11.5 Å². The van der Waals surface area contributed by atoms with E-state index in [1.54, 1.807) is 7.11 Å². The van der Waals surface area contributed by atoms with Crippen molar-refractivity contribution in [2.45, 2.75) is 38.8 Å². The van der Waals surface area contributed by atoms with Crippen molar-refractivity contribution in [1.82, 2.24) is 9.36 Å². The van der Waals surface area contributed by atoms with E-state index < -0.39 is 0 Å². The Morgan fingerprint density at radius 2 is 2.40 bits per heavy atom. The number of rotatable bonds is 5. The highest BCUT2D eigenvalue weighted by molar-refractivity contribution is 7.09. The molecule has 1 heterocycles. The summed E-state index contributed by atoms with van der Waals surface area (Å²) in [5, 5.41) is 4.33. The van der Waals surface area contributed by atoms with Crippen molar-refractivity contribution in [3.05, 3.63) is 5.82 Å². The predicted octanol–water partition coefficient (Wildman–Crippen LogP) is 2.29. The highest BCUT2D eigenvalue weighted by atomic mass is 32.1. The van der Waals surface area contributed by atoms with Crippen molar-refractivity contribution < 1.29 is 4.74 Å². The smallest absolute Gasteiger partial charge is 0.202 e. The van der Waals surface area contributed by atoms with Gasteiger partial charge in [0.1, 0.15) is 6.61 Å². The van der Waals surface area contributed by atoms with Gasteiger partial charge in [0.25, 0.3) is 0 Å². The minimum Gasteiger partial charge on any atom is -0.377 e. The zero-order valence-electron chi connectivity index (χ0n) is 9.19. The van der Waals surface area contributed by atoms with E-state index >= 15 is 0 Å². The minimum absolute atomic E-state index is 0.496. The molecule has 0 saturated heterocycles. The maximum Gasteiger partial charge on any atom is 0.202 e. The number of hydrogen-bond donors (Lipinski definition) is 1. The van der Waals surface area contributed by atoms with Crippen LogP contribution in [0.25, 0.3) is 0 Å². The molecule has 5 heteroatoms. The van der Waals surface area contributed by atoms with Crippen LogP contribution in [0, 0.1) is 5.92 Å². The van der Waals surface area contributed by atoms with Gasteiger partial charge in [0, 0.05) is 24.7 Å². The molecule has 1 unspecified atom stereocenters. The lowest BCUT2D eigenvalue weighted by atomic mass is 9.80. The maximum absolute atomic E-state index is 4.98. The Labute approximate surface area is 94.2 Å². The summed E-state index contributed by atoms with van der Waals surface area (Å²) in [5.74, 6) is 1.59. The highest BCUT2D eigenvalue weighted by Crippen LogP contribution is 2.31. The van der Waals surface area contributed by atoms with Gasteiger partial charge in [-0.1, -0.05) is 6.42 Å². The molecule has 2 rings (SSSR count). The molecule has 0 spiro atoms. The topological polar surface area (TPSA) is 47.0 Å². The lowest BCUT2D eigenvalue weighted by molar-refractivity contribution is 0.179. The Bertz CT molecular complexity index is 311. The summed E-state index contributed by atoms with van der Waals surface area (Å²) in [5.41, 5.74) is 0. The predicted molar refractivity (Wildman–Crippen MR) is 61.0 cm³/mol. The van der Waals surface area contributed by atoms with E-state index in [1.165, 1.54) is 30.8 Å². The van der Waals surface area contributed by atoms with Gasteiger partial charge in [-0.25, -0.2) is 4.98 Å². The zero-order valence-corrected chi connectivity index (χ0v) is 10.0. The van der Waals surface area contributed by atoms with Gasteiger partial charge in [-0.2, -0.15) is 4.37 Å². The molecule has 1 fully saturated rings. The van der Waals surface area contributed by atoms with Gasteiger partial charge >= 0.3 is 0 Å². The second-order valence-corrected chi connectivity index (χ2v) is 4.82. The van der Waals surface area contributed by atoms with Crippen LogP contribution in [0.2, 0.25) is 0 Å². The first kappa shape index (κ1) is 10.8. The number of aromatic nitrogens is 2. The zero-order chi connectivity index (χ0) is 10.7. The molecule has 0 radical (unpaired) electrons. The number of nitrogens with one attached hydrogen (secondary N) is 1. The van der Waals surface area contributed by atoms with Crippen molar-refractivity contribution in [3.63, 3.8) is 0 Å². The summed E-state index contributed by atoms with van der Waals surface area (Å²) >= 11 is 1.42. The number of methoxy groups -OCH3 is 1. The van der Waals surface area contributed by atoms with Gasteiger partial charge in [-0.05, 0) is 25.7 Å². The number of hydrogen-bond acceptors (Lipinski definition) is 5. The van der Waals surface area contributed by atoms with Crippen molar-refractivity contribution in [3.8, 4) is 0 Å². The maximum atomic E-state index is 4.98. The van der Waals surface area contributed by atoms with Crippen molar-refractivity contribution in [2.24, 2.45) is 5.92 Å². The Kier molecular flexibility index (Phi) is 3.53. The standard InChI is InChI=1S/C10H17N3OS/c1-7(8-4-3-5-8)11-10-12-9(6-14-2)13-15-10/h7-8H,3-6H2,1-2H3,(H,11,12,13). The van der Waals surface area contributed by atoms with Gasteiger partial charge in [0.15, 0.2) is 5.82 Å². The molecule has 1 aliphatic carbocycles. The quantitative estimate of drug-likeness (QED) is 0.838. The van der Waals surface area contributed by atoms with Crippen molar-refractivity contribution >= 4 is 16.7 Å². The van der Waals surface area contributed by atoms with Crippen LogP contribution in [0.5, 0.6) is 0 Å². The summed E-state index contributed by atoms with van der Waals surface area (Å²) in [4.78, 5) is 4.35. The van der Waals surface area contributed by atoms with Crippen LogP contribution in [-0.2, 0) is 11.3 Å². The molecule has 1 N–H and O–H groups in total. The highest BCUT2D eigenvalue weighted by Gasteiger charge is 2.24. The van der Waals surface area contributed by atoms with E-state index in [1.807, 2.05) is 0 Å². The van der Waals surface area contributed by atoms with Crippen LogP contribution < -0.4 is 5.32 Å². The van der Waals surface area contributed by atoms with Gasteiger partial charge in [0.05, 0.1) is 0 Å². The molecule has 0 bridgehead atoms. The van der Waals surface area contributed by atoms with Crippen LogP contribution in [0.1, 0.15) is 32.0 Å². The van der Waals surface area contributed by atoms with Gasteiger partial charge < -0.3 is 10.1 Å². The molecule has 1 saturated carbocycles. The van der Waals surface area contributed by atoms with Gasteiger partial charge in [0.2, 0.25) is 5.13 Å². The molecule has 1 atom stereocenters. The molecule has 0 aromatic carbocycles. The largest absolute Gasteiger partial charge is 0.377 e. The fourth-order valence-electron chi connectivity index (χ4n) is 1.75. The van der Waals surface area contributed by atoms with Crippen LogP contribution in [0.4, 0.5) is 5.13 Å². The lowest BCUT2D eigenvalue weighted by Crippen LogP contribution is -2.30. The fraction of sp³-hybridized carbons (Fsp3) is 0.800. The fourth-order valence-corrected chi connectivity index (χ4v) is 2.42. The molecule has 1 aliphatic rings. The number of anilines is 1. The van der Waals surface area contributed by atoms with Crippen LogP contribution in [-0.4, -0.2) is 22.5 Å². The molecule has 0 amide bonds. The Balaban J connectivity index is 1.86. The number of ether oxygens (including phenoxy) is 1. The molecule has 15 heavy (non-hydrogen) atoms. The molecule has 84 valence electrons. The third-order valence-electron chi connectivity index (χ3n) is 2.95. The summed E-state index contributed by atoms with van der Waals surface area (Å²) < 4.78 is 9.19. The summed E-state index contributed by atoms with van der Waals surface area (Å²) in [6.45, 7) is 2.72. The Morgan fingerprint density at radius 3 is 3.00 bits per heavy atom. The van der Waals surface area contributed by atoms with Crippen molar-refractivity contribution in [1.29, 1.82) is 0 Å². The first-order valence-corrected chi connectivity index (χ1v) is 6.15. The summed E-state index contributed by atoms with van der Waals surface area (Å²) in [7, 11) is 1.66. The second-order valence-electron chi connectivity index (χ2n) is 4.07. The second kappa shape index (κ2) is 4.90. The third-order valence-corrected chi connectivity index (χ3v) is 3.63. The lowest BCUT2D eigenvalue weighted by Gasteiger charge is -2.31. The van der Waals surface area contributed by atoms with Gasteiger partial charge in [-0.3, -0.25) is 0 Å². The first-order valence-electron chi connectivity index (χ1n) is 5.37. The first-order chi connectivity index (χ1) is 7.29. The van der Waals surface area contributed by atoms with Crippen molar-refractivity contribution in [2.75, 3.05) is 12.4 Å². The average molecular weight is 227 g/mol. The van der Waals surface area contributed by atoms with Crippen LogP contribution in [0.3, 0.4) is 0 Å². The molecular weight excluding hydrogens is 210 g/mol. The van der Waals surface area contributed by atoms with E-state index in [0.29, 0.717) is 12.6 Å². The van der Waals surface area contributed by atoms with E-state index in [2.05, 4.69) is 21.6 Å². The molecule has 0 aliphatic heterocycles. The van der Waals surface area contributed by atoms with E-state index in [-0.39, 0.29) is 0 Å². The SMILES string of the molecule is COCc1nsc(NC(C)C2CCC2)n1. The molecule has 1 aromatic heterocycles. The third kappa shape index (κ3) is 2.66. The molecular formula is C10H17N3OS. The van der Waals surface area contributed by atoms with E-state index in [9.17, 15) is 0 Å². The Morgan fingerprint density at radius 1 is 1.60 bits per heavy atom. The van der Waals surface area contributed by atoms with E-state index in [0.717, 1.165) is 16.9 Å². The monoisotopic (exact) mass is 227 g/mol. The summed E-state index contributed by atoms with van der Waals surface area (Å²) in [6, 6.07) is 0.516. The minimum atomic E-state index is 0.496. The van der Waals surface area contributed by atoms with Gasteiger partial charge in [-0.15, -0.1) is 0 Å². The number of nitrogens with zero attached hydrogens (tertiary/aromatic N) is 2. The summed E-state index contributed by atoms with van der Waals surface area (Å²) in [6.07, 6.45) is 4.07. The molecule has 1 aromatic rings. The van der Waals surface area contributed by atoms with Crippen LogP contribution in [0.15, 0.2) is 0 Å².